The summed E-state index contributed by atoms with van der Waals surface area (Å²) in [4.78, 5) is 15.3. The lowest BCUT2D eigenvalue weighted by molar-refractivity contribution is -0.0789. The van der Waals surface area contributed by atoms with Crippen LogP contribution in [0.1, 0.15) is 66.1 Å². The number of nitrogens with zero attached hydrogens (tertiary/aromatic N) is 1. The summed E-state index contributed by atoms with van der Waals surface area (Å²) >= 11 is 0. The molecular weight excluding hydrogens is 310 g/mol. The Morgan fingerprint density at radius 3 is 2.36 bits per heavy atom. The van der Waals surface area contributed by atoms with Crippen LogP contribution in [0.3, 0.4) is 0 Å². The molecule has 2 heterocycles. The lowest BCUT2D eigenvalue weighted by Gasteiger charge is -2.49. The Balaban J connectivity index is 1.71. The van der Waals surface area contributed by atoms with Crippen LogP contribution in [0.4, 0.5) is 0 Å². The van der Waals surface area contributed by atoms with E-state index >= 15 is 0 Å². The van der Waals surface area contributed by atoms with Gasteiger partial charge in [-0.2, -0.15) is 0 Å². The standard InChI is InChI=1S/C22H23NO2/c24-20-18-12-6-5-11-17(18)19-15-22(25,16-9-3-1-4-10-16)21(23(19)20)13-7-2-8-14-21/h1,3-6,9-12,19,25H,2,7-8,13-15H2/t19-,22-/m1/s1. The molecule has 3 nitrogen and oxygen atoms in total. The number of hydrogen-bond acceptors (Lipinski definition) is 2. The maximum absolute atomic E-state index is 13.3. The fraction of sp³-hybridized carbons (Fsp3) is 0.409. The van der Waals surface area contributed by atoms with Gasteiger partial charge < -0.3 is 10.0 Å². The van der Waals surface area contributed by atoms with Gasteiger partial charge in [-0.25, -0.2) is 0 Å². The molecule has 5 rings (SSSR count). The first-order chi connectivity index (χ1) is 12.2. The molecule has 2 aromatic rings. The zero-order valence-electron chi connectivity index (χ0n) is 14.3. The maximum atomic E-state index is 13.3. The lowest BCUT2D eigenvalue weighted by atomic mass is 9.67. The summed E-state index contributed by atoms with van der Waals surface area (Å²) in [7, 11) is 0. The second-order valence-corrected chi connectivity index (χ2v) is 7.80. The molecule has 1 N–H and O–H groups in total. The molecule has 128 valence electrons. The summed E-state index contributed by atoms with van der Waals surface area (Å²) in [5.74, 6) is 0.106. The zero-order valence-corrected chi connectivity index (χ0v) is 14.3. The van der Waals surface area contributed by atoms with Gasteiger partial charge in [0.05, 0.1) is 11.6 Å². The lowest BCUT2D eigenvalue weighted by Crippen LogP contribution is -2.58. The number of rotatable bonds is 1. The molecule has 2 fully saturated rings. The second-order valence-electron chi connectivity index (χ2n) is 7.80. The quantitative estimate of drug-likeness (QED) is 0.850. The van der Waals surface area contributed by atoms with Crippen LogP contribution in [0.2, 0.25) is 0 Å². The van der Waals surface area contributed by atoms with Crippen molar-refractivity contribution in [2.45, 2.75) is 55.7 Å². The Morgan fingerprint density at radius 2 is 1.60 bits per heavy atom. The van der Waals surface area contributed by atoms with E-state index in [-0.39, 0.29) is 11.9 Å². The van der Waals surface area contributed by atoms with Crippen molar-refractivity contribution in [3.63, 3.8) is 0 Å². The van der Waals surface area contributed by atoms with Crippen LogP contribution in [0.5, 0.6) is 0 Å². The summed E-state index contributed by atoms with van der Waals surface area (Å²) in [6.07, 6.45) is 5.69. The number of aliphatic hydroxyl groups is 1. The number of carbonyl (C=O) groups excluding carboxylic acids is 1. The van der Waals surface area contributed by atoms with E-state index in [2.05, 4.69) is 11.0 Å². The number of fused-ring (bicyclic) bond motifs is 4. The smallest absolute Gasteiger partial charge is 0.255 e. The molecule has 0 radical (unpaired) electrons. The van der Waals surface area contributed by atoms with Crippen LogP contribution >= 0.6 is 0 Å². The molecule has 0 bridgehead atoms. The fourth-order valence-electron chi connectivity index (χ4n) is 5.65. The van der Waals surface area contributed by atoms with Gasteiger partial charge in [0.2, 0.25) is 0 Å². The van der Waals surface area contributed by atoms with Gasteiger partial charge in [-0.05, 0) is 30.0 Å². The first-order valence-corrected chi connectivity index (χ1v) is 9.38. The molecule has 0 unspecified atom stereocenters. The molecule has 3 heteroatoms. The molecule has 2 aliphatic heterocycles. The second kappa shape index (κ2) is 5.18. The van der Waals surface area contributed by atoms with E-state index in [0.717, 1.165) is 42.4 Å². The molecule has 2 aromatic carbocycles. The fourth-order valence-corrected chi connectivity index (χ4v) is 5.65. The highest BCUT2D eigenvalue weighted by atomic mass is 16.3. The molecule has 0 aromatic heterocycles. The highest BCUT2D eigenvalue weighted by Gasteiger charge is 2.66. The minimum Gasteiger partial charge on any atom is -0.383 e. The van der Waals surface area contributed by atoms with Gasteiger partial charge in [0.15, 0.2) is 0 Å². The van der Waals surface area contributed by atoms with Crippen molar-refractivity contribution in [3.05, 3.63) is 71.3 Å². The van der Waals surface area contributed by atoms with Gasteiger partial charge in [0, 0.05) is 12.0 Å². The molecular formula is C22H23NO2. The third kappa shape index (κ3) is 1.82. The monoisotopic (exact) mass is 333 g/mol. The Bertz CT molecular complexity index is 825. The third-order valence-corrected chi connectivity index (χ3v) is 6.73. The van der Waals surface area contributed by atoms with Crippen LogP contribution in [-0.4, -0.2) is 21.5 Å². The van der Waals surface area contributed by atoms with Crippen LogP contribution in [-0.2, 0) is 5.60 Å². The first-order valence-electron chi connectivity index (χ1n) is 9.38. The van der Waals surface area contributed by atoms with Gasteiger partial charge in [-0.15, -0.1) is 0 Å². The van der Waals surface area contributed by atoms with Gasteiger partial charge >= 0.3 is 0 Å². The van der Waals surface area contributed by atoms with Crippen LogP contribution in [0.25, 0.3) is 0 Å². The normalized spacial score (nSPS) is 29.7. The predicted octanol–water partition coefficient (Wildman–Crippen LogP) is 4.18. The minimum absolute atomic E-state index is 0.00740. The molecule has 1 amide bonds. The number of carbonyl (C=O) groups is 1. The van der Waals surface area contributed by atoms with Crippen molar-refractivity contribution in [1.29, 1.82) is 0 Å². The number of benzene rings is 2. The van der Waals surface area contributed by atoms with Crippen molar-refractivity contribution in [3.8, 4) is 0 Å². The predicted molar refractivity (Wildman–Crippen MR) is 96.1 cm³/mol. The van der Waals surface area contributed by atoms with Crippen molar-refractivity contribution in [2.75, 3.05) is 0 Å². The summed E-state index contributed by atoms with van der Waals surface area (Å²) in [6.45, 7) is 0. The Kier molecular flexibility index (Phi) is 3.14. The van der Waals surface area contributed by atoms with Gasteiger partial charge in [0.25, 0.3) is 5.91 Å². The number of amides is 1. The average molecular weight is 333 g/mol. The molecule has 2 atom stereocenters. The third-order valence-electron chi connectivity index (χ3n) is 6.73. The van der Waals surface area contributed by atoms with E-state index in [0.29, 0.717) is 6.42 Å². The van der Waals surface area contributed by atoms with E-state index in [4.69, 9.17) is 0 Å². The molecule has 25 heavy (non-hydrogen) atoms. The van der Waals surface area contributed by atoms with E-state index in [1.807, 2.05) is 48.5 Å². The maximum Gasteiger partial charge on any atom is 0.255 e. The summed E-state index contributed by atoms with van der Waals surface area (Å²) in [6, 6.07) is 17.9. The zero-order chi connectivity index (χ0) is 17.1. The van der Waals surface area contributed by atoms with Crippen molar-refractivity contribution in [2.24, 2.45) is 0 Å². The van der Waals surface area contributed by atoms with E-state index < -0.39 is 11.1 Å². The molecule has 3 aliphatic rings. The Labute approximate surface area is 148 Å². The van der Waals surface area contributed by atoms with Crippen LogP contribution < -0.4 is 0 Å². The van der Waals surface area contributed by atoms with Gasteiger partial charge in [-0.1, -0.05) is 67.8 Å². The Morgan fingerprint density at radius 1 is 0.920 bits per heavy atom. The molecule has 1 spiro atoms. The number of hydrogen-bond donors (Lipinski definition) is 1. The van der Waals surface area contributed by atoms with E-state index in [1.165, 1.54) is 6.42 Å². The Hall–Kier alpha value is -2.13. The summed E-state index contributed by atoms with van der Waals surface area (Å²) in [5, 5.41) is 12.0. The summed E-state index contributed by atoms with van der Waals surface area (Å²) in [5.41, 5.74) is 1.42. The summed E-state index contributed by atoms with van der Waals surface area (Å²) < 4.78 is 0. The van der Waals surface area contributed by atoms with Crippen molar-refractivity contribution < 1.29 is 9.90 Å². The highest BCUT2D eigenvalue weighted by Crippen LogP contribution is 2.62. The molecule has 1 aliphatic carbocycles. The van der Waals surface area contributed by atoms with Crippen LogP contribution in [0, 0.1) is 0 Å². The topological polar surface area (TPSA) is 40.5 Å². The molecule has 1 saturated heterocycles. The average Bonchev–Trinajstić information content (AvgIpc) is 3.08. The van der Waals surface area contributed by atoms with Crippen LogP contribution in [0.15, 0.2) is 54.6 Å². The first kappa shape index (κ1) is 15.2. The van der Waals surface area contributed by atoms with E-state index in [9.17, 15) is 9.90 Å². The van der Waals surface area contributed by atoms with E-state index in [1.54, 1.807) is 0 Å². The van der Waals surface area contributed by atoms with Crippen molar-refractivity contribution >= 4 is 5.91 Å². The van der Waals surface area contributed by atoms with Gasteiger partial charge in [-0.3, -0.25) is 4.79 Å². The van der Waals surface area contributed by atoms with Gasteiger partial charge in [0.1, 0.15) is 5.60 Å². The van der Waals surface area contributed by atoms with Crippen molar-refractivity contribution in [1.82, 2.24) is 4.90 Å². The SMILES string of the molecule is O=C1c2ccccc2[C@H]2C[C@@](O)(c3ccccc3)C3(CCCCC3)N12. The minimum atomic E-state index is -0.970. The molecule has 1 saturated carbocycles. The largest absolute Gasteiger partial charge is 0.383 e. The highest BCUT2D eigenvalue weighted by molar-refractivity contribution is 6.00.